The number of nitrogens with one attached hydrogen (secondary N) is 2. The summed E-state index contributed by atoms with van der Waals surface area (Å²) in [4.78, 5) is 54.1. The van der Waals surface area contributed by atoms with E-state index in [1.165, 1.54) is 0 Å². The van der Waals surface area contributed by atoms with Crippen molar-refractivity contribution in [3.8, 4) is 0 Å². The van der Waals surface area contributed by atoms with E-state index < -0.39 is 29.7 Å². The summed E-state index contributed by atoms with van der Waals surface area (Å²) in [7, 11) is 0. The first-order chi connectivity index (χ1) is 18.8. The summed E-state index contributed by atoms with van der Waals surface area (Å²) in [6.45, 7) is 13.7. The van der Waals surface area contributed by atoms with Crippen LogP contribution in [0.25, 0.3) is 0 Å². The highest BCUT2D eigenvalue weighted by Gasteiger charge is 2.36. The van der Waals surface area contributed by atoms with Crippen molar-refractivity contribution in [3.05, 3.63) is 34.9 Å². The Kier molecular flexibility index (Phi) is 15.7. The van der Waals surface area contributed by atoms with Crippen LogP contribution in [-0.4, -0.2) is 72.1 Å². The molecule has 1 aromatic rings. The lowest BCUT2D eigenvalue weighted by Crippen LogP contribution is -2.53. The van der Waals surface area contributed by atoms with E-state index in [0.29, 0.717) is 30.7 Å². The van der Waals surface area contributed by atoms with E-state index in [2.05, 4.69) is 17.6 Å². The van der Waals surface area contributed by atoms with E-state index in [4.69, 9.17) is 9.47 Å². The molecule has 2 N–H and O–H groups in total. The Bertz CT molecular complexity index is 979. The summed E-state index contributed by atoms with van der Waals surface area (Å²) in [6.07, 6.45) is 4.18. The first kappa shape index (κ1) is 35.3. The molecule has 0 aliphatic heterocycles. The third kappa shape index (κ3) is 12.6. The number of carbonyl (C=O) groups is 4. The number of esters is 1. The maximum absolute atomic E-state index is 14.2. The number of benzene rings is 1. The fourth-order valence-corrected chi connectivity index (χ4v) is 4.71. The molecule has 0 spiro atoms. The van der Waals surface area contributed by atoms with Gasteiger partial charge >= 0.3 is 12.1 Å². The Hall–Kier alpha value is -2.75. The van der Waals surface area contributed by atoms with Gasteiger partial charge in [0.25, 0.3) is 0 Å². The number of hydrogen-bond donors (Lipinski definition) is 2. The summed E-state index contributed by atoms with van der Waals surface area (Å²) in [5, 5.41) is 5.60. The molecular weight excluding hydrogens is 530 g/mol. The number of amides is 3. The smallest absolute Gasteiger partial charge is 0.408 e. The molecule has 226 valence electrons. The Labute approximate surface area is 244 Å². The minimum atomic E-state index is -0.940. The van der Waals surface area contributed by atoms with Crippen LogP contribution in [0, 0.1) is 13.8 Å². The van der Waals surface area contributed by atoms with Crippen LogP contribution in [0.15, 0.2) is 18.2 Å². The summed E-state index contributed by atoms with van der Waals surface area (Å²) in [5.41, 5.74) is 1.89. The van der Waals surface area contributed by atoms with Gasteiger partial charge in [-0.05, 0) is 77.5 Å². The number of aryl methyl sites for hydroxylation is 2. The third-order valence-corrected chi connectivity index (χ3v) is 6.74. The molecular formula is C30H49N3O6S. The van der Waals surface area contributed by atoms with Gasteiger partial charge in [-0.3, -0.25) is 14.4 Å². The largest absolute Gasteiger partial charge is 0.466 e. The molecule has 0 saturated carbocycles. The summed E-state index contributed by atoms with van der Waals surface area (Å²) in [5.74, 6) is -0.501. The summed E-state index contributed by atoms with van der Waals surface area (Å²) < 4.78 is 10.4. The molecule has 0 heterocycles. The van der Waals surface area contributed by atoms with Crippen LogP contribution in [-0.2, 0) is 23.9 Å². The molecule has 10 heteroatoms. The number of rotatable bonds is 16. The number of hydrogen-bond acceptors (Lipinski definition) is 7. The van der Waals surface area contributed by atoms with E-state index in [1.54, 1.807) is 44.4 Å². The van der Waals surface area contributed by atoms with Crippen LogP contribution in [0.5, 0.6) is 0 Å². The normalized spacial score (nSPS) is 12.7. The van der Waals surface area contributed by atoms with Crippen LogP contribution in [0.3, 0.4) is 0 Å². The monoisotopic (exact) mass is 579 g/mol. The van der Waals surface area contributed by atoms with Crippen LogP contribution in [0.2, 0.25) is 0 Å². The molecule has 40 heavy (non-hydrogen) atoms. The van der Waals surface area contributed by atoms with Crippen molar-refractivity contribution in [2.45, 2.75) is 98.3 Å². The quantitative estimate of drug-likeness (QED) is 0.207. The second-order valence-electron chi connectivity index (χ2n) is 10.8. The number of nitrogens with zero attached hydrogens (tertiary/aromatic N) is 1. The Morgan fingerprint density at radius 2 is 1.77 bits per heavy atom. The molecule has 1 aromatic carbocycles. The molecule has 2 unspecified atom stereocenters. The molecule has 9 nitrogen and oxygen atoms in total. The van der Waals surface area contributed by atoms with E-state index in [-0.39, 0.29) is 31.4 Å². The Morgan fingerprint density at radius 3 is 2.35 bits per heavy atom. The average Bonchev–Trinajstić information content (AvgIpc) is 2.85. The molecule has 0 saturated heterocycles. The number of alkyl carbamates (subject to hydrolysis) is 1. The van der Waals surface area contributed by atoms with Crippen molar-refractivity contribution in [1.29, 1.82) is 0 Å². The minimum Gasteiger partial charge on any atom is -0.466 e. The fraction of sp³-hybridized carbons (Fsp3) is 0.667. The maximum Gasteiger partial charge on any atom is 0.408 e. The maximum atomic E-state index is 14.2. The first-order valence-electron chi connectivity index (χ1n) is 14.1. The number of ether oxygens (including phenoxy) is 2. The first-order valence-corrected chi connectivity index (χ1v) is 15.5. The van der Waals surface area contributed by atoms with Gasteiger partial charge in [0.2, 0.25) is 11.8 Å². The molecule has 3 amide bonds. The standard InChI is InChI=1S/C30H49N3O6S/c1-9-11-12-18-33(28(36)24(16-19-40-8)32-29(37)39-30(5,6)7)26(23-14-13-21(3)20-22(23)4)27(35)31-17-15-25(34)38-10-2/h13-14,20,24,26H,9-12,15-19H2,1-8H3,(H,31,35)(H,32,37). The second kappa shape index (κ2) is 17.8. The third-order valence-electron chi connectivity index (χ3n) is 6.10. The van der Waals surface area contributed by atoms with Crippen molar-refractivity contribution in [3.63, 3.8) is 0 Å². The molecule has 0 aromatic heterocycles. The zero-order valence-electron chi connectivity index (χ0n) is 25.6. The summed E-state index contributed by atoms with van der Waals surface area (Å²) >= 11 is 1.57. The van der Waals surface area contributed by atoms with Gasteiger partial charge in [-0.2, -0.15) is 11.8 Å². The van der Waals surface area contributed by atoms with E-state index >= 15 is 0 Å². The van der Waals surface area contributed by atoms with E-state index in [9.17, 15) is 19.2 Å². The zero-order valence-corrected chi connectivity index (χ0v) is 26.4. The molecule has 1 rings (SSSR count). The fourth-order valence-electron chi connectivity index (χ4n) is 4.24. The lowest BCUT2D eigenvalue weighted by molar-refractivity contribution is -0.144. The van der Waals surface area contributed by atoms with Crippen LogP contribution < -0.4 is 10.6 Å². The minimum absolute atomic E-state index is 0.0273. The van der Waals surface area contributed by atoms with Gasteiger partial charge in [-0.15, -0.1) is 0 Å². The second-order valence-corrected chi connectivity index (χ2v) is 11.8. The van der Waals surface area contributed by atoms with Gasteiger partial charge in [0.15, 0.2) is 0 Å². The molecule has 0 radical (unpaired) electrons. The number of carbonyl (C=O) groups excluding carboxylic acids is 4. The van der Waals surface area contributed by atoms with Gasteiger partial charge in [-0.1, -0.05) is 43.5 Å². The van der Waals surface area contributed by atoms with Crippen molar-refractivity contribution in [2.24, 2.45) is 0 Å². The SMILES string of the molecule is CCCCCN(C(=O)C(CCSC)NC(=O)OC(C)(C)C)C(C(=O)NCCC(=O)OCC)c1ccc(C)cc1C. The van der Waals surface area contributed by atoms with Gasteiger partial charge < -0.3 is 25.0 Å². The molecule has 0 aliphatic rings. The topological polar surface area (TPSA) is 114 Å². The lowest BCUT2D eigenvalue weighted by atomic mass is 9.96. The van der Waals surface area contributed by atoms with E-state index in [0.717, 1.165) is 24.0 Å². The lowest BCUT2D eigenvalue weighted by Gasteiger charge is -2.35. The van der Waals surface area contributed by atoms with Crippen LogP contribution in [0.1, 0.15) is 89.5 Å². The summed E-state index contributed by atoms with van der Waals surface area (Å²) in [6, 6.07) is 3.96. The van der Waals surface area contributed by atoms with Crippen molar-refractivity contribution in [2.75, 3.05) is 31.7 Å². The van der Waals surface area contributed by atoms with Gasteiger partial charge in [0, 0.05) is 13.1 Å². The van der Waals surface area contributed by atoms with Crippen molar-refractivity contribution in [1.82, 2.24) is 15.5 Å². The highest BCUT2D eigenvalue weighted by molar-refractivity contribution is 7.98. The predicted molar refractivity (Wildman–Crippen MR) is 160 cm³/mol. The predicted octanol–water partition coefficient (Wildman–Crippen LogP) is 5.08. The number of unbranched alkanes of at least 4 members (excludes halogenated alkanes) is 2. The van der Waals surface area contributed by atoms with Crippen molar-refractivity contribution < 1.29 is 28.7 Å². The molecule has 0 bridgehead atoms. The number of thioether (sulfide) groups is 1. The van der Waals surface area contributed by atoms with Crippen LogP contribution in [0.4, 0.5) is 4.79 Å². The van der Waals surface area contributed by atoms with Crippen LogP contribution >= 0.6 is 11.8 Å². The highest BCUT2D eigenvalue weighted by Crippen LogP contribution is 2.27. The van der Waals surface area contributed by atoms with Gasteiger partial charge in [0.05, 0.1) is 13.0 Å². The molecule has 0 aliphatic carbocycles. The van der Waals surface area contributed by atoms with Crippen molar-refractivity contribution >= 4 is 35.6 Å². The van der Waals surface area contributed by atoms with Gasteiger partial charge in [-0.25, -0.2) is 4.79 Å². The highest BCUT2D eigenvalue weighted by atomic mass is 32.2. The van der Waals surface area contributed by atoms with Gasteiger partial charge in [0.1, 0.15) is 17.7 Å². The Morgan fingerprint density at radius 1 is 1.07 bits per heavy atom. The molecule has 2 atom stereocenters. The molecule has 0 fully saturated rings. The van der Waals surface area contributed by atoms with E-state index in [1.807, 2.05) is 38.3 Å². The Balaban J connectivity index is 3.47. The zero-order chi connectivity index (χ0) is 30.3. The average molecular weight is 580 g/mol.